The van der Waals surface area contributed by atoms with E-state index in [0.29, 0.717) is 19.0 Å². The van der Waals surface area contributed by atoms with Crippen molar-refractivity contribution in [1.29, 1.82) is 0 Å². The average molecular weight is 288 g/mol. The first-order chi connectivity index (χ1) is 7.74. The minimum absolute atomic E-state index is 0.0990. The highest BCUT2D eigenvalue weighted by atomic mass is 79.9. The van der Waals surface area contributed by atoms with Crippen molar-refractivity contribution in [3.63, 3.8) is 0 Å². The Hall–Kier alpha value is -0.780. The van der Waals surface area contributed by atoms with Crippen LogP contribution in [-0.2, 0) is 0 Å². The van der Waals surface area contributed by atoms with Crippen LogP contribution in [0.4, 0.5) is 0 Å². The van der Waals surface area contributed by atoms with Crippen LogP contribution in [0.5, 0.6) is 11.5 Å². The maximum absolute atomic E-state index is 9.05. The van der Waals surface area contributed by atoms with Crippen molar-refractivity contribution in [2.45, 2.75) is 12.5 Å². The first-order valence-electron chi connectivity index (χ1n) is 5.18. The molecule has 1 aliphatic rings. The van der Waals surface area contributed by atoms with Gasteiger partial charge in [0.1, 0.15) is 0 Å². The summed E-state index contributed by atoms with van der Waals surface area (Å²) in [6.07, 6.45) is 0.864. The van der Waals surface area contributed by atoms with Crippen molar-refractivity contribution in [2.75, 3.05) is 19.8 Å². The first kappa shape index (κ1) is 11.7. The van der Waals surface area contributed by atoms with Crippen LogP contribution in [-0.4, -0.2) is 24.9 Å². The molecule has 0 radical (unpaired) electrons. The number of fused-ring (bicyclic) bond motifs is 1. The minimum Gasteiger partial charge on any atom is -0.490 e. The van der Waals surface area contributed by atoms with Crippen LogP contribution in [0.3, 0.4) is 0 Å². The fourth-order valence-electron chi connectivity index (χ4n) is 1.60. The molecule has 0 amide bonds. The predicted molar refractivity (Wildman–Crippen MR) is 63.8 cm³/mol. The molecule has 0 aromatic heterocycles. The minimum atomic E-state index is -0.411. The Morgan fingerprint density at radius 2 is 2.12 bits per heavy atom. The van der Waals surface area contributed by atoms with E-state index in [4.69, 9.17) is 20.3 Å². The monoisotopic (exact) mass is 287 g/mol. The zero-order chi connectivity index (χ0) is 11.5. The van der Waals surface area contributed by atoms with Crippen LogP contribution < -0.4 is 15.2 Å². The van der Waals surface area contributed by atoms with E-state index >= 15 is 0 Å². The number of benzene rings is 1. The standard InChI is InChI=1S/C11H14BrNO3/c12-10-7(8(13)6-14)2-3-9-11(10)16-5-1-4-15-9/h2-3,8,14H,1,4-6,13H2. The van der Waals surface area contributed by atoms with Gasteiger partial charge in [-0.05, 0) is 27.6 Å². The number of ether oxygens (including phenoxy) is 2. The van der Waals surface area contributed by atoms with E-state index in [1.54, 1.807) is 0 Å². The van der Waals surface area contributed by atoms with Crippen molar-refractivity contribution in [3.05, 3.63) is 22.2 Å². The molecule has 1 aromatic rings. The summed E-state index contributed by atoms with van der Waals surface area (Å²) in [6, 6.07) is 3.26. The third kappa shape index (κ3) is 2.16. The SMILES string of the molecule is NC(CO)c1ccc2c(c1Br)OCCCO2. The fourth-order valence-corrected chi connectivity index (χ4v) is 2.34. The summed E-state index contributed by atoms with van der Waals surface area (Å²) < 4.78 is 11.9. The predicted octanol–water partition coefficient (Wildman–Crippen LogP) is 1.60. The molecule has 0 spiro atoms. The second-order valence-corrected chi connectivity index (χ2v) is 4.43. The lowest BCUT2D eigenvalue weighted by Gasteiger charge is -2.15. The highest BCUT2D eigenvalue weighted by Crippen LogP contribution is 2.40. The molecule has 16 heavy (non-hydrogen) atoms. The zero-order valence-electron chi connectivity index (χ0n) is 8.78. The van der Waals surface area contributed by atoms with E-state index in [9.17, 15) is 0 Å². The smallest absolute Gasteiger partial charge is 0.175 e. The molecule has 1 heterocycles. The fraction of sp³-hybridized carbons (Fsp3) is 0.455. The van der Waals surface area contributed by atoms with Gasteiger partial charge in [0.2, 0.25) is 0 Å². The molecule has 1 aliphatic heterocycles. The molecule has 1 atom stereocenters. The lowest BCUT2D eigenvalue weighted by atomic mass is 10.1. The van der Waals surface area contributed by atoms with Gasteiger partial charge in [-0.2, -0.15) is 0 Å². The lowest BCUT2D eigenvalue weighted by molar-refractivity contribution is 0.267. The lowest BCUT2D eigenvalue weighted by Crippen LogP contribution is -2.15. The molecule has 2 rings (SSSR count). The van der Waals surface area contributed by atoms with Gasteiger partial charge in [0.25, 0.3) is 0 Å². The molecule has 0 fully saturated rings. The summed E-state index contributed by atoms with van der Waals surface area (Å²) in [6.45, 7) is 1.19. The number of halogens is 1. The van der Waals surface area contributed by atoms with Gasteiger partial charge >= 0.3 is 0 Å². The van der Waals surface area contributed by atoms with Crippen molar-refractivity contribution < 1.29 is 14.6 Å². The van der Waals surface area contributed by atoms with E-state index in [0.717, 1.165) is 22.2 Å². The maximum atomic E-state index is 9.05. The van der Waals surface area contributed by atoms with Crippen molar-refractivity contribution in [2.24, 2.45) is 5.73 Å². The summed E-state index contributed by atoms with van der Waals surface area (Å²) in [7, 11) is 0. The Labute approximate surface area is 102 Å². The molecular formula is C11H14BrNO3. The van der Waals surface area contributed by atoms with E-state index in [1.807, 2.05) is 12.1 Å². The largest absolute Gasteiger partial charge is 0.490 e. The summed E-state index contributed by atoms with van der Waals surface area (Å²) in [5.74, 6) is 1.40. The van der Waals surface area contributed by atoms with Gasteiger partial charge in [0.15, 0.2) is 11.5 Å². The molecular weight excluding hydrogens is 274 g/mol. The van der Waals surface area contributed by atoms with Gasteiger partial charge in [-0.3, -0.25) is 0 Å². The molecule has 4 nitrogen and oxygen atoms in total. The molecule has 3 N–H and O–H groups in total. The second kappa shape index (κ2) is 5.03. The molecule has 0 saturated carbocycles. The quantitative estimate of drug-likeness (QED) is 0.867. The van der Waals surface area contributed by atoms with Gasteiger partial charge in [-0.1, -0.05) is 6.07 Å². The van der Waals surface area contributed by atoms with Crippen molar-refractivity contribution in [3.8, 4) is 11.5 Å². The Morgan fingerprint density at radius 1 is 1.38 bits per heavy atom. The van der Waals surface area contributed by atoms with Gasteiger partial charge in [0.05, 0.1) is 30.3 Å². The van der Waals surface area contributed by atoms with E-state index in [-0.39, 0.29) is 6.61 Å². The number of aliphatic hydroxyl groups excluding tert-OH is 1. The summed E-state index contributed by atoms with van der Waals surface area (Å²) in [4.78, 5) is 0. The van der Waals surface area contributed by atoms with Gasteiger partial charge in [-0.25, -0.2) is 0 Å². The summed E-state index contributed by atoms with van der Waals surface area (Å²) >= 11 is 3.45. The molecule has 0 saturated heterocycles. The summed E-state index contributed by atoms with van der Waals surface area (Å²) in [5.41, 5.74) is 6.62. The van der Waals surface area contributed by atoms with Gasteiger partial charge < -0.3 is 20.3 Å². The number of hydrogen-bond acceptors (Lipinski definition) is 4. The molecule has 5 heteroatoms. The number of rotatable bonds is 2. The molecule has 0 bridgehead atoms. The zero-order valence-corrected chi connectivity index (χ0v) is 10.4. The third-order valence-electron chi connectivity index (χ3n) is 2.48. The number of nitrogens with two attached hydrogens (primary N) is 1. The van der Waals surface area contributed by atoms with Crippen molar-refractivity contribution >= 4 is 15.9 Å². The van der Waals surface area contributed by atoms with Gasteiger partial charge in [-0.15, -0.1) is 0 Å². The maximum Gasteiger partial charge on any atom is 0.175 e. The third-order valence-corrected chi connectivity index (χ3v) is 3.30. The molecule has 88 valence electrons. The second-order valence-electron chi connectivity index (χ2n) is 3.64. The number of hydrogen-bond donors (Lipinski definition) is 2. The molecule has 1 aromatic carbocycles. The first-order valence-corrected chi connectivity index (χ1v) is 5.97. The van der Waals surface area contributed by atoms with E-state index in [1.165, 1.54) is 0 Å². The van der Waals surface area contributed by atoms with Crippen LogP contribution in [0.1, 0.15) is 18.0 Å². The average Bonchev–Trinajstić information content (AvgIpc) is 2.54. The Balaban J connectivity index is 2.41. The van der Waals surface area contributed by atoms with Crippen LogP contribution in [0.15, 0.2) is 16.6 Å². The summed E-state index contributed by atoms with van der Waals surface area (Å²) in [5, 5.41) is 9.05. The van der Waals surface area contributed by atoms with E-state index in [2.05, 4.69) is 15.9 Å². The van der Waals surface area contributed by atoms with Gasteiger partial charge in [0, 0.05) is 6.42 Å². The van der Waals surface area contributed by atoms with Crippen LogP contribution in [0, 0.1) is 0 Å². The number of aliphatic hydroxyl groups is 1. The van der Waals surface area contributed by atoms with E-state index < -0.39 is 6.04 Å². The molecule has 0 aliphatic carbocycles. The topological polar surface area (TPSA) is 64.7 Å². The highest BCUT2D eigenvalue weighted by molar-refractivity contribution is 9.10. The Kier molecular flexibility index (Phi) is 3.68. The van der Waals surface area contributed by atoms with Crippen LogP contribution in [0.25, 0.3) is 0 Å². The highest BCUT2D eigenvalue weighted by Gasteiger charge is 2.19. The van der Waals surface area contributed by atoms with Crippen molar-refractivity contribution in [1.82, 2.24) is 0 Å². The Bertz CT molecular complexity index is 384. The molecule has 1 unspecified atom stereocenters. The van der Waals surface area contributed by atoms with Crippen LogP contribution >= 0.6 is 15.9 Å². The Morgan fingerprint density at radius 3 is 2.88 bits per heavy atom. The normalized spacial score (nSPS) is 16.7. The van der Waals surface area contributed by atoms with Crippen LogP contribution in [0.2, 0.25) is 0 Å².